The van der Waals surface area contributed by atoms with Crippen molar-refractivity contribution in [2.24, 2.45) is 5.73 Å². The number of hydrogen-bond acceptors (Lipinski definition) is 4. The number of thiol groups is 1. The van der Waals surface area contributed by atoms with E-state index in [1.54, 1.807) is 0 Å². The Labute approximate surface area is 103 Å². The summed E-state index contributed by atoms with van der Waals surface area (Å²) in [5, 5.41) is 3.20. The summed E-state index contributed by atoms with van der Waals surface area (Å²) in [6.45, 7) is 4.42. The molecule has 0 spiro atoms. The molecule has 0 aromatic heterocycles. The molecule has 2 unspecified atom stereocenters. The van der Waals surface area contributed by atoms with Gasteiger partial charge in [-0.3, -0.25) is 5.32 Å². The van der Waals surface area contributed by atoms with Crippen LogP contribution in [0.3, 0.4) is 0 Å². The zero-order valence-electron chi connectivity index (χ0n) is 9.81. The van der Waals surface area contributed by atoms with E-state index in [-0.39, 0.29) is 11.4 Å². The van der Waals surface area contributed by atoms with Gasteiger partial charge in [-0.1, -0.05) is 12.1 Å². The second kappa shape index (κ2) is 6.78. The van der Waals surface area contributed by atoms with Gasteiger partial charge in [0.05, 0.1) is 5.37 Å². The molecule has 1 rings (SSSR count). The normalized spacial score (nSPS) is 14.5. The summed E-state index contributed by atoms with van der Waals surface area (Å²) in [6.07, 6.45) is 0.869. The molecule has 3 nitrogen and oxygen atoms in total. The van der Waals surface area contributed by atoms with Crippen molar-refractivity contribution in [2.45, 2.75) is 31.7 Å². The van der Waals surface area contributed by atoms with Gasteiger partial charge in [0.2, 0.25) is 0 Å². The fourth-order valence-electron chi connectivity index (χ4n) is 1.38. The molecule has 0 amide bonds. The van der Waals surface area contributed by atoms with Gasteiger partial charge in [0.1, 0.15) is 12.5 Å². The van der Waals surface area contributed by atoms with E-state index in [2.05, 4.69) is 24.0 Å². The molecule has 0 aliphatic rings. The van der Waals surface area contributed by atoms with Crippen LogP contribution in [-0.2, 0) is 6.42 Å². The highest BCUT2D eigenvalue weighted by Gasteiger charge is 2.00. The smallest absolute Gasteiger partial charge is 0.140 e. The topological polar surface area (TPSA) is 47.3 Å². The second-order valence-electron chi connectivity index (χ2n) is 4.00. The largest absolute Gasteiger partial charge is 0.478 e. The molecule has 0 heterocycles. The summed E-state index contributed by atoms with van der Waals surface area (Å²) in [7, 11) is 0. The average Bonchev–Trinajstić information content (AvgIpc) is 2.16. The maximum atomic E-state index is 5.75. The summed E-state index contributed by atoms with van der Waals surface area (Å²) in [5.41, 5.74) is 6.95. The number of rotatable bonds is 6. The van der Waals surface area contributed by atoms with Gasteiger partial charge in [0.25, 0.3) is 0 Å². The Balaban J connectivity index is 2.47. The van der Waals surface area contributed by atoms with Crippen molar-refractivity contribution in [1.29, 1.82) is 0 Å². The Kier molecular flexibility index (Phi) is 5.66. The molecule has 0 fully saturated rings. The molecular weight excluding hydrogens is 220 g/mol. The first kappa shape index (κ1) is 13.4. The highest BCUT2D eigenvalue weighted by molar-refractivity contribution is 7.80. The Morgan fingerprint density at radius 2 is 2.19 bits per heavy atom. The summed E-state index contributed by atoms with van der Waals surface area (Å²) < 4.78 is 5.54. The maximum absolute atomic E-state index is 5.75. The molecule has 0 bridgehead atoms. The Morgan fingerprint density at radius 1 is 1.44 bits per heavy atom. The Hall–Kier alpha value is -0.710. The molecule has 1 aromatic carbocycles. The fourth-order valence-corrected chi connectivity index (χ4v) is 1.45. The molecule has 90 valence electrons. The van der Waals surface area contributed by atoms with Crippen LogP contribution in [0.4, 0.5) is 0 Å². The minimum absolute atomic E-state index is 0.132. The first-order chi connectivity index (χ1) is 7.58. The zero-order valence-corrected chi connectivity index (χ0v) is 10.7. The van der Waals surface area contributed by atoms with Gasteiger partial charge >= 0.3 is 0 Å². The molecule has 0 saturated carbocycles. The van der Waals surface area contributed by atoms with Gasteiger partial charge in [0.15, 0.2) is 0 Å². The molecule has 16 heavy (non-hydrogen) atoms. The van der Waals surface area contributed by atoms with Gasteiger partial charge in [-0.15, -0.1) is 0 Å². The lowest BCUT2D eigenvalue weighted by atomic mass is 10.1. The highest BCUT2D eigenvalue weighted by Crippen LogP contribution is 2.14. The Morgan fingerprint density at radius 3 is 2.81 bits per heavy atom. The number of nitrogens with two attached hydrogens (primary N) is 1. The second-order valence-corrected chi connectivity index (χ2v) is 4.77. The van der Waals surface area contributed by atoms with E-state index in [0.29, 0.717) is 6.73 Å². The van der Waals surface area contributed by atoms with Gasteiger partial charge in [-0.2, -0.15) is 12.6 Å². The van der Waals surface area contributed by atoms with E-state index in [4.69, 9.17) is 10.5 Å². The lowest BCUT2D eigenvalue weighted by molar-refractivity contribution is 0.282. The third kappa shape index (κ3) is 5.39. The van der Waals surface area contributed by atoms with Gasteiger partial charge in [0, 0.05) is 6.04 Å². The third-order valence-corrected chi connectivity index (χ3v) is 2.26. The Bertz CT molecular complexity index is 316. The third-order valence-electron chi connectivity index (χ3n) is 2.07. The van der Waals surface area contributed by atoms with Crippen LogP contribution in [0, 0.1) is 0 Å². The molecule has 0 aliphatic heterocycles. The van der Waals surface area contributed by atoms with Crippen LogP contribution in [0.25, 0.3) is 0 Å². The summed E-state index contributed by atoms with van der Waals surface area (Å²) >= 11 is 4.20. The average molecular weight is 240 g/mol. The number of benzene rings is 1. The highest BCUT2D eigenvalue weighted by atomic mass is 32.1. The van der Waals surface area contributed by atoms with E-state index in [1.807, 2.05) is 32.0 Å². The van der Waals surface area contributed by atoms with E-state index in [1.165, 1.54) is 5.56 Å². The van der Waals surface area contributed by atoms with Crippen LogP contribution in [0.15, 0.2) is 24.3 Å². The predicted molar refractivity (Wildman–Crippen MR) is 70.9 cm³/mol. The van der Waals surface area contributed by atoms with Gasteiger partial charge < -0.3 is 10.5 Å². The molecule has 4 heteroatoms. The van der Waals surface area contributed by atoms with Crippen molar-refractivity contribution < 1.29 is 4.74 Å². The standard InChI is InChI=1S/C12H20N2OS/c1-9(13)6-11-4-3-5-12(7-11)15-8-14-10(2)16/h3-5,7,9-10,14,16H,6,8,13H2,1-2H3. The molecular formula is C12H20N2OS. The van der Waals surface area contributed by atoms with Crippen LogP contribution < -0.4 is 15.8 Å². The van der Waals surface area contributed by atoms with Crippen molar-refractivity contribution in [1.82, 2.24) is 5.32 Å². The van der Waals surface area contributed by atoms with Crippen molar-refractivity contribution >= 4 is 12.6 Å². The minimum Gasteiger partial charge on any atom is -0.478 e. The van der Waals surface area contributed by atoms with E-state index >= 15 is 0 Å². The summed E-state index contributed by atoms with van der Waals surface area (Å²) in [4.78, 5) is 0. The SMILES string of the molecule is CC(N)Cc1cccc(OCNC(C)S)c1. The predicted octanol–water partition coefficient (Wildman–Crippen LogP) is 1.78. The first-order valence-electron chi connectivity index (χ1n) is 5.46. The number of hydrogen-bond donors (Lipinski definition) is 3. The maximum Gasteiger partial charge on any atom is 0.140 e. The van der Waals surface area contributed by atoms with E-state index in [9.17, 15) is 0 Å². The summed E-state index contributed by atoms with van der Waals surface area (Å²) in [6, 6.07) is 8.18. The van der Waals surface area contributed by atoms with Crippen LogP contribution in [-0.4, -0.2) is 18.1 Å². The summed E-state index contributed by atoms with van der Waals surface area (Å²) in [5.74, 6) is 0.861. The molecule has 0 radical (unpaired) electrons. The van der Waals surface area contributed by atoms with Crippen LogP contribution in [0.1, 0.15) is 19.4 Å². The van der Waals surface area contributed by atoms with Crippen LogP contribution in [0.5, 0.6) is 5.75 Å². The van der Waals surface area contributed by atoms with E-state index < -0.39 is 0 Å². The number of nitrogens with one attached hydrogen (secondary N) is 1. The van der Waals surface area contributed by atoms with Crippen molar-refractivity contribution in [3.8, 4) is 5.75 Å². The minimum atomic E-state index is 0.132. The van der Waals surface area contributed by atoms with Crippen LogP contribution in [0.2, 0.25) is 0 Å². The van der Waals surface area contributed by atoms with Gasteiger partial charge in [-0.25, -0.2) is 0 Å². The molecule has 2 atom stereocenters. The van der Waals surface area contributed by atoms with Crippen LogP contribution >= 0.6 is 12.6 Å². The lowest BCUT2D eigenvalue weighted by Gasteiger charge is -2.11. The first-order valence-corrected chi connectivity index (χ1v) is 5.98. The van der Waals surface area contributed by atoms with Gasteiger partial charge in [-0.05, 0) is 38.0 Å². The fraction of sp³-hybridized carbons (Fsp3) is 0.500. The lowest BCUT2D eigenvalue weighted by Crippen LogP contribution is -2.25. The van der Waals surface area contributed by atoms with Crippen molar-refractivity contribution in [3.63, 3.8) is 0 Å². The molecule has 3 N–H and O–H groups in total. The van der Waals surface area contributed by atoms with E-state index in [0.717, 1.165) is 12.2 Å². The zero-order chi connectivity index (χ0) is 12.0. The van der Waals surface area contributed by atoms with Crippen molar-refractivity contribution in [2.75, 3.05) is 6.73 Å². The van der Waals surface area contributed by atoms with Crippen molar-refractivity contribution in [3.05, 3.63) is 29.8 Å². The quantitative estimate of drug-likeness (QED) is 0.525. The molecule has 0 saturated heterocycles. The molecule has 0 aliphatic carbocycles. The monoisotopic (exact) mass is 240 g/mol. The number of ether oxygens (including phenoxy) is 1. The molecule has 1 aromatic rings.